The zero-order valence-corrected chi connectivity index (χ0v) is 14.9. The predicted molar refractivity (Wildman–Crippen MR) is 95.6 cm³/mol. The van der Waals surface area contributed by atoms with Gasteiger partial charge >= 0.3 is 0 Å². The van der Waals surface area contributed by atoms with Crippen LogP contribution < -0.4 is 16.4 Å². The lowest BCUT2D eigenvalue weighted by Crippen LogP contribution is -2.57. The third-order valence-electron chi connectivity index (χ3n) is 3.86. The normalized spacial score (nSPS) is 20.3. The van der Waals surface area contributed by atoms with Crippen LogP contribution in [0.3, 0.4) is 0 Å². The monoisotopic (exact) mass is 370 g/mol. The lowest BCUT2D eigenvalue weighted by atomic mass is 9.94. The summed E-state index contributed by atoms with van der Waals surface area (Å²) in [6.07, 6.45) is 0. The van der Waals surface area contributed by atoms with Crippen LogP contribution in [0, 0.1) is 5.41 Å². The van der Waals surface area contributed by atoms with E-state index in [-0.39, 0.29) is 22.3 Å². The number of nitrogens with two attached hydrogens (primary N) is 1. The Morgan fingerprint density at radius 2 is 2.04 bits per heavy atom. The molecule has 0 radical (unpaired) electrons. The van der Waals surface area contributed by atoms with E-state index in [9.17, 15) is 9.90 Å². The summed E-state index contributed by atoms with van der Waals surface area (Å²) >= 11 is 11.9. The number of aliphatic hydroxyl groups is 1. The van der Waals surface area contributed by atoms with E-state index >= 15 is 0 Å². The highest BCUT2D eigenvalue weighted by atomic mass is 35.5. The molecule has 6 N–H and O–H groups in total. The van der Waals surface area contributed by atoms with Crippen molar-refractivity contribution < 1.29 is 9.90 Å². The maximum absolute atomic E-state index is 12.0. The van der Waals surface area contributed by atoms with E-state index in [2.05, 4.69) is 10.6 Å². The first-order valence-corrected chi connectivity index (χ1v) is 8.13. The topological polar surface area (TPSA) is 111 Å². The fourth-order valence-electron chi connectivity index (χ4n) is 2.46. The van der Waals surface area contributed by atoms with E-state index < -0.39 is 11.5 Å². The molecule has 6 nitrogen and oxygen atoms in total. The van der Waals surface area contributed by atoms with Crippen molar-refractivity contribution in [1.82, 2.24) is 10.6 Å². The first-order valence-electron chi connectivity index (χ1n) is 7.38. The molecular weight excluding hydrogens is 351 g/mol. The van der Waals surface area contributed by atoms with E-state index in [0.29, 0.717) is 29.4 Å². The van der Waals surface area contributed by atoms with Gasteiger partial charge in [0.1, 0.15) is 0 Å². The smallest absolute Gasteiger partial charge is 0.252 e. The predicted octanol–water partition coefficient (Wildman–Crippen LogP) is 1.43. The zero-order chi connectivity index (χ0) is 18.1. The molecule has 1 fully saturated rings. The lowest BCUT2D eigenvalue weighted by Gasteiger charge is -2.36. The summed E-state index contributed by atoms with van der Waals surface area (Å²) in [6.45, 7) is 4.21. The highest BCUT2D eigenvalue weighted by Gasteiger charge is 2.32. The molecule has 1 aliphatic rings. The van der Waals surface area contributed by atoms with Gasteiger partial charge in [0.05, 0.1) is 33.0 Å². The molecule has 1 aromatic rings. The van der Waals surface area contributed by atoms with Gasteiger partial charge in [-0.2, -0.15) is 0 Å². The Hall–Kier alpha value is -1.60. The van der Waals surface area contributed by atoms with Crippen LogP contribution in [0.1, 0.15) is 19.4 Å². The molecule has 1 atom stereocenters. The van der Waals surface area contributed by atoms with Gasteiger partial charge < -0.3 is 21.5 Å². The minimum atomic E-state index is -1.01. The Balaban J connectivity index is 2.42. The van der Waals surface area contributed by atoms with Gasteiger partial charge in [-0.15, -0.1) is 0 Å². The number of benzene rings is 1. The molecule has 2 rings (SSSR count). The molecule has 0 spiro atoms. The van der Waals surface area contributed by atoms with Crippen LogP contribution in [-0.4, -0.2) is 41.5 Å². The second-order valence-corrected chi connectivity index (χ2v) is 7.02. The number of hydrogen-bond donors (Lipinski definition) is 5. The molecule has 1 saturated heterocycles. The minimum Gasteiger partial charge on any atom is -0.388 e. The molecule has 1 amide bonds. The summed E-state index contributed by atoms with van der Waals surface area (Å²) in [7, 11) is 0. The average molecular weight is 371 g/mol. The molecule has 1 aliphatic heterocycles. The highest BCUT2D eigenvalue weighted by molar-refractivity contribution is 6.42. The van der Waals surface area contributed by atoms with Gasteiger partial charge in [-0.1, -0.05) is 29.3 Å². The van der Waals surface area contributed by atoms with Gasteiger partial charge in [-0.05, 0) is 26.0 Å². The number of piperazine rings is 1. The Kier molecular flexibility index (Phi) is 5.55. The number of carbonyl (C=O) groups is 1. The SMILES string of the molecule is CC(C)(O)C1CNC/C(=C(/C(=N)c2ccc(Cl)c(Cl)c2)C(N)=O)N1. The summed E-state index contributed by atoms with van der Waals surface area (Å²) in [5, 5.41) is 25.4. The Labute approximate surface area is 150 Å². The number of primary amides is 1. The molecule has 8 heteroatoms. The maximum atomic E-state index is 12.0. The number of amides is 1. The van der Waals surface area contributed by atoms with Crippen LogP contribution in [0.5, 0.6) is 0 Å². The van der Waals surface area contributed by atoms with Crippen molar-refractivity contribution in [2.75, 3.05) is 13.1 Å². The summed E-state index contributed by atoms with van der Waals surface area (Å²) in [4.78, 5) is 12.0. The summed E-state index contributed by atoms with van der Waals surface area (Å²) in [5.41, 5.74) is 5.39. The Morgan fingerprint density at radius 3 is 2.58 bits per heavy atom. The maximum Gasteiger partial charge on any atom is 0.252 e. The van der Waals surface area contributed by atoms with E-state index in [0.717, 1.165) is 0 Å². The van der Waals surface area contributed by atoms with Gasteiger partial charge in [0, 0.05) is 24.4 Å². The van der Waals surface area contributed by atoms with Crippen molar-refractivity contribution in [1.29, 1.82) is 5.41 Å². The molecule has 0 bridgehead atoms. The Morgan fingerprint density at radius 1 is 1.38 bits per heavy atom. The van der Waals surface area contributed by atoms with Crippen LogP contribution in [0.15, 0.2) is 29.5 Å². The molecule has 1 heterocycles. The van der Waals surface area contributed by atoms with Crippen LogP contribution in [-0.2, 0) is 4.79 Å². The van der Waals surface area contributed by atoms with Gasteiger partial charge in [-0.3, -0.25) is 10.2 Å². The third kappa shape index (κ3) is 4.08. The second kappa shape index (κ2) is 7.11. The second-order valence-electron chi connectivity index (χ2n) is 6.20. The lowest BCUT2D eigenvalue weighted by molar-refractivity contribution is -0.114. The minimum absolute atomic E-state index is 0.0508. The Bertz CT molecular complexity index is 711. The van der Waals surface area contributed by atoms with Gasteiger partial charge in [-0.25, -0.2) is 0 Å². The number of rotatable bonds is 4. The molecule has 130 valence electrons. The van der Waals surface area contributed by atoms with E-state index in [1.165, 1.54) is 6.07 Å². The fourth-order valence-corrected chi connectivity index (χ4v) is 2.76. The summed E-state index contributed by atoms with van der Waals surface area (Å²) in [5.74, 6) is -0.730. The number of halogens is 2. The van der Waals surface area contributed by atoms with Crippen molar-refractivity contribution in [2.24, 2.45) is 5.73 Å². The largest absolute Gasteiger partial charge is 0.388 e. The zero-order valence-electron chi connectivity index (χ0n) is 13.4. The fraction of sp³-hybridized carbons (Fsp3) is 0.375. The van der Waals surface area contributed by atoms with Crippen molar-refractivity contribution in [2.45, 2.75) is 25.5 Å². The van der Waals surface area contributed by atoms with E-state index in [1.54, 1.807) is 26.0 Å². The number of nitrogens with one attached hydrogen (secondary N) is 3. The van der Waals surface area contributed by atoms with Crippen LogP contribution >= 0.6 is 23.2 Å². The van der Waals surface area contributed by atoms with Crippen LogP contribution in [0.2, 0.25) is 10.0 Å². The number of carbonyl (C=O) groups excluding carboxylic acids is 1. The molecular formula is C16H20Cl2N4O2. The van der Waals surface area contributed by atoms with Crippen molar-refractivity contribution in [3.8, 4) is 0 Å². The quantitative estimate of drug-likeness (QED) is 0.407. The first kappa shape index (κ1) is 18.7. The number of hydrogen-bond acceptors (Lipinski definition) is 5. The standard InChI is InChI=1S/C16H20Cl2N4O2/c1-16(2,24)12-7-21-6-11(22-12)13(15(20)23)14(19)8-3-4-9(17)10(18)5-8/h3-5,12,19,21-22,24H,6-7H2,1-2H3,(H2,20,23)/b13-11+,19-14?. The van der Waals surface area contributed by atoms with Gasteiger partial charge in [0.25, 0.3) is 5.91 Å². The molecule has 0 aliphatic carbocycles. The van der Waals surface area contributed by atoms with Gasteiger partial charge in [0.15, 0.2) is 0 Å². The average Bonchev–Trinajstić information content (AvgIpc) is 2.49. The highest BCUT2D eigenvalue weighted by Crippen LogP contribution is 2.24. The van der Waals surface area contributed by atoms with E-state index in [1.807, 2.05) is 0 Å². The van der Waals surface area contributed by atoms with Crippen molar-refractivity contribution in [3.63, 3.8) is 0 Å². The molecule has 1 unspecified atom stereocenters. The summed E-state index contributed by atoms with van der Waals surface area (Å²) in [6, 6.07) is 4.35. The molecule has 1 aromatic carbocycles. The molecule has 0 aromatic heterocycles. The molecule has 0 saturated carbocycles. The first-order chi connectivity index (χ1) is 11.1. The summed E-state index contributed by atoms with van der Waals surface area (Å²) < 4.78 is 0. The van der Waals surface area contributed by atoms with Gasteiger partial charge in [0.2, 0.25) is 0 Å². The van der Waals surface area contributed by atoms with Crippen LogP contribution in [0.25, 0.3) is 0 Å². The van der Waals surface area contributed by atoms with Crippen LogP contribution in [0.4, 0.5) is 0 Å². The third-order valence-corrected chi connectivity index (χ3v) is 4.60. The van der Waals surface area contributed by atoms with Crippen molar-refractivity contribution >= 4 is 34.8 Å². The van der Waals surface area contributed by atoms with Crippen molar-refractivity contribution in [3.05, 3.63) is 45.1 Å². The van der Waals surface area contributed by atoms with E-state index in [4.69, 9.17) is 34.3 Å². The molecule has 24 heavy (non-hydrogen) atoms.